The van der Waals surface area contributed by atoms with Crippen molar-refractivity contribution in [2.45, 2.75) is 25.6 Å². The summed E-state index contributed by atoms with van der Waals surface area (Å²) in [5.74, 6) is -0.489. The molecule has 1 atom stereocenters. The molecule has 0 spiro atoms. The van der Waals surface area contributed by atoms with E-state index >= 15 is 0 Å². The minimum atomic E-state index is -4.24. The molecule has 0 amide bonds. The van der Waals surface area contributed by atoms with E-state index in [-0.39, 0.29) is 11.5 Å². The van der Waals surface area contributed by atoms with Gasteiger partial charge in [0.05, 0.1) is 25.9 Å². The van der Waals surface area contributed by atoms with Crippen molar-refractivity contribution < 1.29 is 22.7 Å². The van der Waals surface area contributed by atoms with Gasteiger partial charge < -0.3 is 10.1 Å². The van der Waals surface area contributed by atoms with Crippen LogP contribution in [-0.2, 0) is 4.74 Å². The highest BCUT2D eigenvalue weighted by molar-refractivity contribution is 5.86. The second-order valence-electron chi connectivity index (χ2n) is 3.64. The van der Waals surface area contributed by atoms with Gasteiger partial charge >= 0.3 is 12.1 Å². The minimum absolute atomic E-state index is 0.00785. The standard InChI is InChI=1S/C10H12F3N3O2/c1-6(3-10(11,12)13)16-8-5-14-7(4-15-8)9(17)18-2/h4-6H,3H2,1-2H3,(H,15,16). The molecule has 0 fully saturated rings. The lowest BCUT2D eigenvalue weighted by Crippen LogP contribution is -2.24. The maximum Gasteiger partial charge on any atom is 0.391 e. The molecule has 1 rings (SSSR count). The summed E-state index contributed by atoms with van der Waals surface area (Å²) in [6.45, 7) is 1.38. The predicted molar refractivity (Wildman–Crippen MR) is 57.1 cm³/mol. The predicted octanol–water partition coefficient (Wildman–Crippen LogP) is 2.02. The van der Waals surface area contributed by atoms with Crippen LogP contribution < -0.4 is 5.32 Å². The fourth-order valence-electron chi connectivity index (χ4n) is 1.26. The zero-order chi connectivity index (χ0) is 13.8. The first-order valence-electron chi connectivity index (χ1n) is 5.05. The smallest absolute Gasteiger partial charge is 0.391 e. The average Bonchev–Trinajstić information content (AvgIpc) is 2.26. The van der Waals surface area contributed by atoms with E-state index in [0.29, 0.717) is 0 Å². The number of aromatic nitrogens is 2. The normalized spacial score (nSPS) is 12.9. The summed E-state index contributed by atoms with van der Waals surface area (Å²) in [7, 11) is 1.20. The number of nitrogens with one attached hydrogen (secondary N) is 1. The molecule has 0 aliphatic carbocycles. The van der Waals surface area contributed by atoms with Crippen LogP contribution in [0.4, 0.5) is 19.0 Å². The number of nitrogens with zero attached hydrogens (tertiary/aromatic N) is 2. The SMILES string of the molecule is COC(=O)c1cnc(NC(C)CC(F)(F)F)cn1. The number of alkyl halides is 3. The van der Waals surface area contributed by atoms with Gasteiger partial charge in [-0.25, -0.2) is 14.8 Å². The van der Waals surface area contributed by atoms with Crippen molar-refractivity contribution in [2.24, 2.45) is 0 Å². The van der Waals surface area contributed by atoms with Gasteiger partial charge in [0.2, 0.25) is 0 Å². The molecule has 18 heavy (non-hydrogen) atoms. The molecule has 0 aliphatic heterocycles. The third-order valence-electron chi connectivity index (χ3n) is 1.98. The van der Waals surface area contributed by atoms with Crippen LogP contribution in [0.2, 0.25) is 0 Å². The Morgan fingerprint density at radius 2 is 2.11 bits per heavy atom. The van der Waals surface area contributed by atoms with Crippen LogP contribution >= 0.6 is 0 Å². The number of hydrogen-bond acceptors (Lipinski definition) is 5. The Labute approximate surface area is 101 Å². The van der Waals surface area contributed by atoms with E-state index in [1.54, 1.807) is 0 Å². The summed E-state index contributed by atoms with van der Waals surface area (Å²) < 4.78 is 40.7. The second kappa shape index (κ2) is 5.65. The van der Waals surface area contributed by atoms with E-state index < -0.39 is 24.6 Å². The van der Waals surface area contributed by atoms with Crippen molar-refractivity contribution in [1.29, 1.82) is 0 Å². The molecular weight excluding hydrogens is 251 g/mol. The van der Waals surface area contributed by atoms with Gasteiger partial charge in [-0.1, -0.05) is 0 Å². The average molecular weight is 263 g/mol. The third-order valence-corrected chi connectivity index (χ3v) is 1.98. The van der Waals surface area contributed by atoms with Gasteiger partial charge in [-0.3, -0.25) is 0 Å². The molecule has 1 unspecified atom stereocenters. The Morgan fingerprint density at radius 1 is 1.44 bits per heavy atom. The number of anilines is 1. The topological polar surface area (TPSA) is 64.1 Å². The summed E-state index contributed by atoms with van der Waals surface area (Å²) in [6, 6.07) is -0.830. The molecule has 0 radical (unpaired) electrons. The fourth-order valence-corrected chi connectivity index (χ4v) is 1.26. The molecule has 0 saturated carbocycles. The molecular formula is C10H12F3N3O2. The molecule has 0 aromatic carbocycles. The van der Waals surface area contributed by atoms with Gasteiger partial charge in [-0.2, -0.15) is 13.2 Å². The Balaban J connectivity index is 2.61. The first kappa shape index (κ1) is 14.2. The van der Waals surface area contributed by atoms with E-state index in [0.717, 1.165) is 6.20 Å². The Bertz CT molecular complexity index is 406. The molecule has 5 nitrogen and oxygen atoms in total. The molecule has 0 aliphatic rings. The second-order valence-corrected chi connectivity index (χ2v) is 3.64. The largest absolute Gasteiger partial charge is 0.464 e. The number of carbonyl (C=O) groups excluding carboxylic acids is 1. The molecule has 8 heteroatoms. The van der Waals surface area contributed by atoms with Crippen molar-refractivity contribution in [2.75, 3.05) is 12.4 Å². The molecule has 1 N–H and O–H groups in total. The molecule has 0 saturated heterocycles. The van der Waals surface area contributed by atoms with Crippen LogP contribution in [0.3, 0.4) is 0 Å². The number of methoxy groups -OCH3 is 1. The van der Waals surface area contributed by atoms with Crippen molar-refractivity contribution >= 4 is 11.8 Å². The van der Waals surface area contributed by atoms with Gasteiger partial charge in [0, 0.05) is 6.04 Å². The van der Waals surface area contributed by atoms with Gasteiger partial charge in [-0.15, -0.1) is 0 Å². The molecule has 100 valence electrons. The number of halogens is 3. The van der Waals surface area contributed by atoms with Gasteiger partial charge in [-0.05, 0) is 6.92 Å². The lowest BCUT2D eigenvalue weighted by molar-refractivity contribution is -0.136. The molecule has 1 heterocycles. The van der Waals surface area contributed by atoms with Crippen LogP contribution in [0.15, 0.2) is 12.4 Å². The number of esters is 1. The molecule has 0 bridgehead atoms. The lowest BCUT2D eigenvalue weighted by Gasteiger charge is -2.15. The van der Waals surface area contributed by atoms with Crippen LogP contribution in [0, 0.1) is 0 Å². The molecule has 1 aromatic heterocycles. The number of rotatable bonds is 4. The summed E-state index contributed by atoms with van der Waals surface area (Å²) in [5.41, 5.74) is -0.00785. The first-order chi connectivity index (χ1) is 8.31. The zero-order valence-corrected chi connectivity index (χ0v) is 9.78. The number of ether oxygens (including phenoxy) is 1. The zero-order valence-electron chi connectivity index (χ0n) is 9.78. The van der Waals surface area contributed by atoms with Crippen LogP contribution in [0.1, 0.15) is 23.8 Å². The number of carbonyl (C=O) groups is 1. The van der Waals surface area contributed by atoms with Gasteiger partial charge in [0.25, 0.3) is 0 Å². The minimum Gasteiger partial charge on any atom is -0.464 e. The van der Waals surface area contributed by atoms with E-state index in [1.807, 2.05) is 0 Å². The monoisotopic (exact) mass is 263 g/mol. The molecule has 1 aromatic rings. The van der Waals surface area contributed by atoms with E-state index in [2.05, 4.69) is 20.0 Å². The van der Waals surface area contributed by atoms with E-state index in [1.165, 1.54) is 20.2 Å². The summed E-state index contributed by atoms with van der Waals surface area (Å²) in [5, 5.41) is 2.54. The highest BCUT2D eigenvalue weighted by Crippen LogP contribution is 2.22. The van der Waals surface area contributed by atoms with E-state index in [4.69, 9.17) is 0 Å². The summed E-state index contributed by atoms with van der Waals surface area (Å²) >= 11 is 0. The quantitative estimate of drug-likeness (QED) is 0.842. The third kappa shape index (κ3) is 4.56. The van der Waals surface area contributed by atoms with Gasteiger partial charge in [0.15, 0.2) is 5.69 Å². The summed E-state index contributed by atoms with van der Waals surface area (Å²) in [6.07, 6.45) is -2.91. The lowest BCUT2D eigenvalue weighted by atomic mass is 10.2. The maximum absolute atomic E-state index is 12.1. The first-order valence-corrected chi connectivity index (χ1v) is 5.05. The van der Waals surface area contributed by atoms with E-state index in [9.17, 15) is 18.0 Å². The fraction of sp³-hybridized carbons (Fsp3) is 0.500. The number of hydrogen-bond donors (Lipinski definition) is 1. The van der Waals surface area contributed by atoms with Crippen molar-refractivity contribution in [3.8, 4) is 0 Å². The highest BCUT2D eigenvalue weighted by atomic mass is 19.4. The Kier molecular flexibility index (Phi) is 4.46. The van der Waals surface area contributed by atoms with Crippen LogP contribution in [-0.4, -0.2) is 35.3 Å². The van der Waals surface area contributed by atoms with Crippen LogP contribution in [0.5, 0.6) is 0 Å². The summed E-state index contributed by atoms with van der Waals surface area (Å²) in [4.78, 5) is 18.5. The van der Waals surface area contributed by atoms with Crippen LogP contribution in [0.25, 0.3) is 0 Å². The van der Waals surface area contributed by atoms with Crippen molar-refractivity contribution in [3.63, 3.8) is 0 Å². The highest BCUT2D eigenvalue weighted by Gasteiger charge is 2.30. The Morgan fingerprint density at radius 3 is 2.56 bits per heavy atom. The Hall–Kier alpha value is -1.86. The maximum atomic E-state index is 12.1. The van der Waals surface area contributed by atoms with Gasteiger partial charge in [0.1, 0.15) is 5.82 Å². The van der Waals surface area contributed by atoms with Crippen molar-refractivity contribution in [3.05, 3.63) is 18.1 Å². The van der Waals surface area contributed by atoms with Crippen molar-refractivity contribution in [1.82, 2.24) is 9.97 Å².